The first kappa shape index (κ1) is 17.2. The van der Waals surface area contributed by atoms with Crippen LogP contribution in [0.3, 0.4) is 0 Å². The maximum Gasteiger partial charge on any atom is 0.173 e. The van der Waals surface area contributed by atoms with E-state index in [-0.39, 0.29) is 11.6 Å². The second-order valence-corrected chi connectivity index (χ2v) is 6.87. The zero-order valence-electron chi connectivity index (χ0n) is 13.0. The Labute approximate surface area is 143 Å². The molecule has 0 aliphatic carbocycles. The van der Waals surface area contributed by atoms with Crippen LogP contribution in [0.5, 0.6) is 5.75 Å². The summed E-state index contributed by atoms with van der Waals surface area (Å²) in [6, 6.07) is 6.52. The predicted molar refractivity (Wildman–Crippen MR) is 89.3 cm³/mol. The number of aliphatic hydroxyl groups is 3. The third-order valence-corrected chi connectivity index (χ3v) is 5.15. The first-order valence-electron chi connectivity index (χ1n) is 7.50. The van der Waals surface area contributed by atoms with E-state index in [9.17, 15) is 19.7 Å². The van der Waals surface area contributed by atoms with Crippen LogP contribution in [0.25, 0.3) is 11.1 Å². The summed E-state index contributed by atoms with van der Waals surface area (Å²) < 4.78 is 19.1. The Morgan fingerprint density at radius 3 is 2.67 bits per heavy atom. The van der Waals surface area contributed by atoms with Crippen molar-refractivity contribution in [2.75, 3.05) is 5.75 Å². The molecular weight excluding hydrogens is 333 g/mol. The fourth-order valence-electron chi connectivity index (χ4n) is 2.48. The van der Waals surface area contributed by atoms with Gasteiger partial charge in [0, 0.05) is 17.5 Å². The van der Waals surface area contributed by atoms with E-state index >= 15 is 0 Å². The fourth-order valence-corrected chi connectivity index (χ4v) is 3.60. The number of pyridine rings is 1. The normalized spacial score (nSPS) is 27.0. The first-order valence-corrected chi connectivity index (χ1v) is 8.54. The van der Waals surface area contributed by atoms with Gasteiger partial charge in [0.25, 0.3) is 0 Å². The number of rotatable bonds is 3. The number of hydrogen-bond acceptors (Lipinski definition) is 6. The molecule has 1 aliphatic rings. The zero-order chi connectivity index (χ0) is 17.3. The van der Waals surface area contributed by atoms with Crippen LogP contribution in [0.4, 0.5) is 4.39 Å². The molecule has 1 aromatic carbocycles. The van der Waals surface area contributed by atoms with Crippen molar-refractivity contribution in [3.05, 3.63) is 48.0 Å². The number of nitrogens with zero attached hydrogens (tertiary/aromatic N) is 1. The summed E-state index contributed by atoms with van der Waals surface area (Å²) in [5.74, 6) is 0.427. The van der Waals surface area contributed by atoms with E-state index in [1.54, 1.807) is 31.3 Å². The van der Waals surface area contributed by atoms with Gasteiger partial charge in [0.2, 0.25) is 0 Å². The molecule has 0 unspecified atom stereocenters. The minimum Gasteiger partial charge on any atom is -0.475 e. The fraction of sp³-hybridized carbons (Fsp3) is 0.353. The molecule has 2 aromatic rings. The molecule has 2 heterocycles. The van der Waals surface area contributed by atoms with Gasteiger partial charge in [0.05, 0.1) is 12.3 Å². The summed E-state index contributed by atoms with van der Waals surface area (Å²) in [6.07, 6.45) is -0.272. The van der Waals surface area contributed by atoms with Gasteiger partial charge in [-0.25, -0.2) is 4.39 Å². The van der Waals surface area contributed by atoms with Crippen molar-refractivity contribution in [1.29, 1.82) is 0 Å². The summed E-state index contributed by atoms with van der Waals surface area (Å²) >= 11 is 1.22. The molecule has 24 heavy (non-hydrogen) atoms. The molecule has 0 spiro atoms. The molecule has 4 atom stereocenters. The summed E-state index contributed by atoms with van der Waals surface area (Å²) in [5, 5.41) is 29.3. The molecule has 3 N–H and O–H groups in total. The summed E-state index contributed by atoms with van der Waals surface area (Å²) in [6.45, 7) is 1.69. The number of aryl methyl sites for hydroxylation is 1. The van der Waals surface area contributed by atoms with Gasteiger partial charge in [0.1, 0.15) is 23.8 Å². The summed E-state index contributed by atoms with van der Waals surface area (Å²) in [5.41, 5.74) is 1.40. The van der Waals surface area contributed by atoms with E-state index in [2.05, 4.69) is 4.98 Å². The number of benzene rings is 1. The highest BCUT2D eigenvalue weighted by Crippen LogP contribution is 2.31. The quantitative estimate of drug-likeness (QED) is 0.781. The van der Waals surface area contributed by atoms with Crippen LogP contribution in [0, 0.1) is 12.7 Å². The molecule has 3 rings (SSSR count). The van der Waals surface area contributed by atoms with E-state index in [1.807, 2.05) is 0 Å². The highest BCUT2D eigenvalue weighted by molar-refractivity contribution is 7.99. The predicted octanol–water partition coefficient (Wildman–Crippen LogP) is 1.73. The monoisotopic (exact) mass is 351 g/mol. The average Bonchev–Trinajstić information content (AvgIpc) is 2.58. The third-order valence-electron chi connectivity index (χ3n) is 3.91. The molecule has 128 valence electrons. The Balaban J connectivity index is 1.79. The van der Waals surface area contributed by atoms with Crippen LogP contribution in [-0.4, -0.2) is 49.8 Å². The van der Waals surface area contributed by atoms with Gasteiger partial charge in [-0.2, -0.15) is 0 Å². The zero-order valence-corrected chi connectivity index (χ0v) is 13.8. The van der Waals surface area contributed by atoms with Gasteiger partial charge in [-0.15, -0.1) is 11.8 Å². The maximum absolute atomic E-state index is 13.4. The summed E-state index contributed by atoms with van der Waals surface area (Å²) in [4.78, 5) is 4.12. The number of ether oxygens (including phenoxy) is 1. The van der Waals surface area contributed by atoms with Crippen molar-refractivity contribution in [3.8, 4) is 16.9 Å². The van der Waals surface area contributed by atoms with Crippen molar-refractivity contribution >= 4 is 11.8 Å². The van der Waals surface area contributed by atoms with E-state index in [0.717, 1.165) is 11.1 Å². The lowest BCUT2D eigenvalue weighted by Gasteiger charge is -2.34. The molecule has 0 radical (unpaired) electrons. The highest BCUT2D eigenvalue weighted by atomic mass is 32.2. The number of thioether (sulfide) groups is 1. The van der Waals surface area contributed by atoms with Crippen LogP contribution in [-0.2, 0) is 0 Å². The van der Waals surface area contributed by atoms with Gasteiger partial charge in [-0.3, -0.25) is 4.98 Å². The molecule has 5 nitrogen and oxygen atoms in total. The third kappa shape index (κ3) is 3.54. The molecule has 0 saturated carbocycles. The minimum atomic E-state index is -1.24. The van der Waals surface area contributed by atoms with Crippen LogP contribution >= 0.6 is 11.8 Å². The second kappa shape index (κ2) is 7.06. The van der Waals surface area contributed by atoms with Gasteiger partial charge in [-0.05, 0) is 36.2 Å². The average molecular weight is 351 g/mol. The molecule has 1 aliphatic heterocycles. The van der Waals surface area contributed by atoms with E-state index < -0.39 is 23.7 Å². The topological polar surface area (TPSA) is 82.8 Å². The molecule has 0 amide bonds. The molecule has 0 bridgehead atoms. The lowest BCUT2D eigenvalue weighted by Crippen LogP contribution is -2.50. The van der Waals surface area contributed by atoms with Crippen molar-refractivity contribution in [2.24, 2.45) is 0 Å². The Kier molecular flexibility index (Phi) is 5.05. The van der Waals surface area contributed by atoms with Crippen molar-refractivity contribution in [3.63, 3.8) is 0 Å². The highest BCUT2D eigenvalue weighted by Gasteiger charge is 2.38. The smallest absolute Gasteiger partial charge is 0.173 e. The molecule has 1 saturated heterocycles. The van der Waals surface area contributed by atoms with Crippen molar-refractivity contribution in [2.45, 2.75) is 30.7 Å². The Hall–Kier alpha value is -1.67. The van der Waals surface area contributed by atoms with Crippen LogP contribution < -0.4 is 4.74 Å². The minimum absolute atomic E-state index is 0.270. The van der Waals surface area contributed by atoms with E-state index in [4.69, 9.17) is 4.74 Å². The SMILES string of the molecule is Cc1cc(-c2cncc(O[C@@H]3SC[C@@H](O)[C@H](O)[C@H]3O)c2)ccc1F. The largest absolute Gasteiger partial charge is 0.475 e. The maximum atomic E-state index is 13.4. The van der Waals surface area contributed by atoms with Crippen LogP contribution in [0.1, 0.15) is 5.56 Å². The molecule has 1 aromatic heterocycles. The second-order valence-electron chi connectivity index (χ2n) is 5.74. The van der Waals surface area contributed by atoms with Crippen LogP contribution in [0.2, 0.25) is 0 Å². The van der Waals surface area contributed by atoms with Gasteiger partial charge in [0.15, 0.2) is 5.44 Å². The number of aliphatic hydroxyl groups excluding tert-OH is 3. The van der Waals surface area contributed by atoms with Crippen molar-refractivity contribution < 1.29 is 24.4 Å². The molecule has 7 heteroatoms. The lowest BCUT2D eigenvalue weighted by atomic mass is 10.0. The van der Waals surface area contributed by atoms with Gasteiger partial charge in [-0.1, -0.05) is 6.07 Å². The number of halogens is 1. The Morgan fingerprint density at radius 1 is 1.12 bits per heavy atom. The lowest BCUT2D eigenvalue weighted by molar-refractivity contribution is -0.0786. The van der Waals surface area contributed by atoms with Crippen LogP contribution in [0.15, 0.2) is 36.7 Å². The van der Waals surface area contributed by atoms with E-state index in [1.165, 1.54) is 24.0 Å². The summed E-state index contributed by atoms with van der Waals surface area (Å²) in [7, 11) is 0. The van der Waals surface area contributed by atoms with Crippen molar-refractivity contribution in [1.82, 2.24) is 4.98 Å². The number of aromatic nitrogens is 1. The number of hydrogen-bond donors (Lipinski definition) is 3. The first-order chi connectivity index (χ1) is 11.5. The van der Waals surface area contributed by atoms with E-state index in [0.29, 0.717) is 11.3 Å². The van der Waals surface area contributed by atoms with Gasteiger partial charge >= 0.3 is 0 Å². The standard InChI is InChI=1S/C17H18FNO4S/c1-9-4-10(2-3-13(9)18)11-5-12(7-19-6-11)23-17-16(22)15(21)14(20)8-24-17/h2-7,14-17,20-22H,8H2,1H3/t14-,15+,16-,17-/m1/s1. The van der Waals surface area contributed by atoms with Gasteiger partial charge < -0.3 is 20.1 Å². The molecule has 1 fully saturated rings. The Morgan fingerprint density at radius 2 is 1.92 bits per heavy atom. The Bertz CT molecular complexity index is 729. The molecular formula is C17H18FNO4S.